The van der Waals surface area contributed by atoms with Gasteiger partial charge in [-0.1, -0.05) is 11.6 Å². The van der Waals surface area contributed by atoms with Crippen LogP contribution in [-0.4, -0.2) is 42.9 Å². The number of phenolic OH excluding ortho intramolecular Hbond substituents is 1. The van der Waals surface area contributed by atoms with Gasteiger partial charge in [-0.15, -0.1) is 0 Å². The Morgan fingerprint density at radius 3 is 2.72 bits per heavy atom. The van der Waals surface area contributed by atoms with Crippen LogP contribution in [0.5, 0.6) is 5.75 Å². The maximum absolute atomic E-state index is 13.4. The maximum atomic E-state index is 13.4. The van der Waals surface area contributed by atoms with Gasteiger partial charge in [0.25, 0.3) is 0 Å². The summed E-state index contributed by atoms with van der Waals surface area (Å²) in [6, 6.07) is 2.94. The molecule has 3 nitrogen and oxygen atoms in total. The van der Waals surface area contributed by atoms with Crippen LogP contribution in [-0.2, 0) is 0 Å². The monoisotopic (exact) mass is 272 g/mol. The van der Waals surface area contributed by atoms with Crippen molar-refractivity contribution in [3.05, 3.63) is 28.3 Å². The Bertz CT molecular complexity index is 422. The van der Waals surface area contributed by atoms with E-state index < -0.39 is 12.7 Å². The van der Waals surface area contributed by atoms with Gasteiger partial charge in [0.2, 0.25) is 0 Å². The lowest BCUT2D eigenvalue weighted by Crippen LogP contribution is -2.45. The minimum absolute atomic E-state index is 0.153. The van der Waals surface area contributed by atoms with E-state index in [0.717, 1.165) is 26.2 Å². The molecule has 1 aliphatic heterocycles. The summed E-state index contributed by atoms with van der Waals surface area (Å²) in [5.41, 5.74) is 1.27. The molecule has 0 bridgehead atoms. The van der Waals surface area contributed by atoms with E-state index in [4.69, 9.17) is 11.6 Å². The molecule has 0 amide bonds. The number of halogens is 2. The van der Waals surface area contributed by atoms with Gasteiger partial charge in [-0.05, 0) is 24.6 Å². The van der Waals surface area contributed by atoms with Crippen LogP contribution < -0.4 is 5.32 Å². The third kappa shape index (κ3) is 2.76. The number of benzene rings is 1. The summed E-state index contributed by atoms with van der Waals surface area (Å²) in [6.45, 7) is 4.50. The number of nitrogens with zero attached hydrogens (tertiary/aromatic N) is 1. The van der Waals surface area contributed by atoms with Crippen LogP contribution in [0.2, 0.25) is 5.02 Å². The molecular formula is C13H18ClFN2O. The zero-order valence-electron chi connectivity index (χ0n) is 10.4. The van der Waals surface area contributed by atoms with Crippen molar-refractivity contribution >= 4 is 11.6 Å². The lowest BCUT2D eigenvalue weighted by Gasteiger charge is -2.34. The van der Waals surface area contributed by atoms with Gasteiger partial charge in [0.15, 0.2) is 0 Å². The molecule has 100 valence electrons. The smallest absolute Gasteiger partial charge is 0.123 e. The van der Waals surface area contributed by atoms with E-state index in [0.29, 0.717) is 16.1 Å². The van der Waals surface area contributed by atoms with Crippen LogP contribution in [0.3, 0.4) is 0 Å². The zero-order chi connectivity index (χ0) is 13.1. The average molecular weight is 273 g/mol. The summed E-state index contributed by atoms with van der Waals surface area (Å²) in [5, 5.41) is 13.9. The number of aryl methyl sites for hydroxylation is 1. The summed E-state index contributed by atoms with van der Waals surface area (Å²) >= 11 is 6.00. The van der Waals surface area contributed by atoms with E-state index >= 15 is 0 Å². The molecule has 2 rings (SSSR count). The molecule has 1 saturated heterocycles. The Morgan fingerprint density at radius 2 is 2.11 bits per heavy atom. The Balaban J connectivity index is 2.31. The van der Waals surface area contributed by atoms with E-state index in [-0.39, 0.29) is 5.75 Å². The van der Waals surface area contributed by atoms with Crippen LogP contribution in [0.15, 0.2) is 12.1 Å². The van der Waals surface area contributed by atoms with Crippen molar-refractivity contribution in [1.82, 2.24) is 10.2 Å². The molecule has 1 aliphatic rings. The van der Waals surface area contributed by atoms with Gasteiger partial charge in [0.1, 0.15) is 12.4 Å². The number of hydrogen-bond acceptors (Lipinski definition) is 3. The topological polar surface area (TPSA) is 35.5 Å². The summed E-state index contributed by atoms with van der Waals surface area (Å²) in [4.78, 5) is 2.04. The summed E-state index contributed by atoms with van der Waals surface area (Å²) in [5.74, 6) is 0.153. The molecule has 1 aromatic rings. The van der Waals surface area contributed by atoms with Crippen LogP contribution in [0, 0.1) is 6.92 Å². The summed E-state index contributed by atoms with van der Waals surface area (Å²) < 4.78 is 13.4. The van der Waals surface area contributed by atoms with E-state index in [1.165, 1.54) is 0 Å². The molecule has 1 fully saturated rings. The third-order valence-electron chi connectivity index (χ3n) is 3.39. The van der Waals surface area contributed by atoms with E-state index in [9.17, 15) is 9.50 Å². The van der Waals surface area contributed by atoms with E-state index in [2.05, 4.69) is 5.32 Å². The summed E-state index contributed by atoms with van der Waals surface area (Å²) in [7, 11) is 0. The minimum atomic E-state index is -0.520. The number of phenols is 1. The fourth-order valence-corrected chi connectivity index (χ4v) is 2.67. The SMILES string of the molecule is Cc1cc(Cl)cc([C@H](CF)N2CCNCC2)c1O. The van der Waals surface area contributed by atoms with Crippen molar-refractivity contribution in [2.24, 2.45) is 0 Å². The predicted molar refractivity (Wildman–Crippen MR) is 71.0 cm³/mol. The first-order chi connectivity index (χ1) is 8.63. The van der Waals surface area contributed by atoms with Gasteiger partial charge >= 0.3 is 0 Å². The molecule has 0 saturated carbocycles. The number of rotatable bonds is 3. The highest BCUT2D eigenvalue weighted by molar-refractivity contribution is 6.30. The largest absolute Gasteiger partial charge is 0.507 e. The highest BCUT2D eigenvalue weighted by Crippen LogP contribution is 2.34. The Kier molecular flexibility index (Phi) is 4.43. The second-order valence-electron chi connectivity index (χ2n) is 4.62. The first-order valence-electron chi connectivity index (χ1n) is 6.13. The lowest BCUT2D eigenvalue weighted by atomic mass is 10.0. The van der Waals surface area contributed by atoms with Gasteiger partial charge in [-0.3, -0.25) is 4.90 Å². The van der Waals surface area contributed by atoms with Crippen LogP contribution >= 0.6 is 11.6 Å². The van der Waals surface area contributed by atoms with Crippen LogP contribution in [0.25, 0.3) is 0 Å². The van der Waals surface area contributed by atoms with Gasteiger partial charge < -0.3 is 10.4 Å². The van der Waals surface area contributed by atoms with Crippen molar-refractivity contribution in [1.29, 1.82) is 0 Å². The van der Waals surface area contributed by atoms with Gasteiger partial charge in [0, 0.05) is 36.8 Å². The number of nitrogens with one attached hydrogen (secondary N) is 1. The zero-order valence-corrected chi connectivity index (χ0v) is 11.2. The van der Waals surface area contributed by atoms with Crippen molar-refractivity contribution in [2.75, 3.05) is 32.9 Å². The highest BCUT2D eigenvalue weighted by Gasteiger charge is 2.25. The normalized spacial score (nSPS) is 18.8. The van der Waals surface area contributed by atoms with Crippen LogP contribution in [0.4, 0.5) is 4.39 Å². The van der Waals surface area contributed by atoms with Crippen molar-refractivity contribution < 1.29 is 9.50 Å². The van der Waals surface area contributed by atoms with Gasteiger partial charge in [-0.2, -0.15) is 0 Å². The molecule has 5 heteroatoms. The average Bonchev–Trinajstić information content (AvgIpc) is 2.37. The highest BCUT2D eigenvalue weighted by atomic mass is 35.5. The molecule has 18 heavy (non-hydrogen) atoms. The third-order valence-corrected chi connectivity index (χ3v) is 3.61. The second kappa shape index (κ2) is 5.87. The van der Waals surface area contributed by atoms with E-state index in [1.807, 2.05) is 4.90 Å². The van der Waals surface area contributed by atoms with Gasteiger partial charge in [-0.25, -0.2) is 4.39 Å². The van der Waals surface area contributed by atoms with Crippen molar-refractivity contribution in [3.63, 3.8) is 0 Å². The minimum Gasteiger partial charge on any atom is -0.507 e. The molecule has 0 aliphatic carbocycles. The fourth-order valence-electron chi connectivity index (χ4n) is 2.39. The van der Waals surface area contributed by atoms with Crippen LogP contribution in [0.1, 0.15) is 17.2 Å². The molecule has 2 N–H and O–H groups in total. The number of hydrogen-bond donors (Lipinski definition) is 2. The molecule has 1 atom stereocenters. The molecule has 0 aromatic heterocycles. The molecule has 1 heterocycles. The first-order valence-corrected chi connectivity index (χ1v) is 6.51. The van der Waals surface area contributed by atoms with Crippen molar-refractivity contribution in [2.45, 2.75) is 13.0 Å². The Labute approximate surface area is 112 Å². The standard InChI is InChI=1S/C13H18ClFN2O/c1-9-6-10(14)7-11(13(9)18)12(8-15)17-4-2-16-3-5-17/h6-7,12,16,18H,2-5,8H2,1H3/t12-/m0/s1. The maximum Gasteiger partial charge on any atom is 0.123 e. The molecular weight excluding hydrogens is 255 g/mol. The quantitative estimate of drug-likeness (QED) is 0.886. The molecule has 1 aromatic carbocycles. The first kappa shape index (κ1) is 13.6. The summed E-state index contributed by atoms with van der Waals surface area (Å²) in [6.07, 6.45) is 0. The second-order valence-corrected chi connectivity index (χ2v) is 5.05. The number of alkyl halides is 1. The van der Waals surface area contributed by atoms with Crippen molar-refractivity contribution in [3.8, 4) is 5.75 Å². The molecule has 0 unspecified atom stereocenters. The number of aromatic hydroxyl groups is 1. The number of piperazine rings is 1. The Hall–Kier alpha value is -0.840. The molecule has 0 radical (unpaired) electrons. The molecule has 0 spiro atoms. The fraction of sp³-hybridized carbons (Fsp3) is 0.538. The lowest BCUT2D eigenvalue weighted by molar-refractivity contribution is 0.145. The predicted octanol–water partition coefficient (Wildman–Crippen LogP) is 2.27. The van der Waals surface area contributed by atoms with Gasteiger partial charge in [0.05, 0.1) is 6.04 Å². The van der Waals surface area contributed by atoms with E-state index in [1.54, 1.807) is 19.1 Å². The Morgan fingerprint density at radius 1 is 1.44 bits per heavy atom.